The molecule has 0 fully saturated rings. The number of aliphatic hydroxyl groups excluding tert-OH is 1. The molecular weight excluding hydrogens is 368 g/mol. The van der Waals surface area contributed by atoms with E-state index in [9.17, 15) is 0 Å². The van der Waals surface area contributed by atoms with Gasteiger partial charge in [0.25, 0.3) is 0 Å². The highest BCUT2D eigenvalue weighted by Gasteiger charge is 2.04. The van der Waals surface area contributed by atoms with Crippen LogP contribution in [0.15, 0.2) is 60.9 Å². The molecule has 0 aliphatic heterocycles. The Balaban J connectivity index is 1.47. The topological polar surface area (TPSA) is 46.0 Å². The Morgan fingerprint density at radius 3 is 1.73 bits per heavy atom. The molecule has 3 aromatic rings. The van der Waals surface area contributed by atoms with E-state index < -0.39 is 0 Å². The molecule has 0 saturated heterocycles. The number of aryl methyl sites for hydroxylation is 1. The predicted octanol–water partition coefficient (Wildman–Crippen LogP) is 6.99. The molecule has 3 nitrogen and oxygen atoms in total. The van der Waals surface area contributed by atoms with Gasteiger partial charge in [0.15, 0.2) is 5.82 Å². The molecule has 0 aliphatic rings. The Hall–Kier alpha value is -2.52. The summed E-state index contributed by atoms with van der Waals surface area (Å²) in [5.41, 5.74) is 5.44. The van der Waals surface area contributed by atoms with Crippen molar-refractivity contribution in [3.05, 3.63) is 72.1 Å². The third-order valence-electron chi connectivity index (χ3n) is 5.65. The first-order valence-electron chi connectivity index (χ1n) is 11.4. The van der Waals surface area contributed by atoms with Gasteiger partial charge in [-0.3, -0.25) is 0 Å². The third kappa shape index (κ3) is 6.77. The van der Waals surface area contributed by atoms with Gasteiger partial charge in [-0.25, -0.2) is 9.97 Å². The van der Waals surface area contributed by atoms with Gasteiger partial charge in [0.1, 0.15) is 0 Å². The van der Waals surface area contributed by atoms with E-state index in [1.165, 1.54) is 56.9 Å². The molecule has 0 spiro atoms. The van der Waals surface area contributed by atoms with Gasteiger partial charge in [0.05, 0.1) is 6.61 Å². The summed E-state index contributed by atoms with van der Waals surface area (Å²) in [5.74, 6) is 0.703. The molecule has 0 bridgehead atoms. The molecule has 1 aromatic heterocycles. The number of rotatable bonds is 12. The molecule has 0 radical (unpaired) electrons. The Morgan fingerprint density at radius 2 is 1.13 bits per heavy atom. The van der Waals surface area contributed by atoms with Gasteiger partial charge in [-0.2, -0.15) is 0 Å². The van der Waals surface area contributed by atoms with Crippen LogP contribution in [0.25, 0.3) is 22.5 Å². The van der Waals surface area contributed by atoms with E-state index in [2.05, 4.69) is 41.2 Å². The van der Waals surface area contributed by atoms with Crippen LogP contribution >= 0.6 is 0 Å². The molecule has 1 N–H and O–H groups in total. The van der Waals surface area contributed by atoms with Crippen molar-refractivity contribution >= 4 is 0 Å². The van der Waals surface area contributed by atoms with Crippen molar-refractivity contribution in [2.45, 2.75) is 71.3 Å². The lowest BCUT2D eigenvalue weighted by molar-refractivity contribution is 0.282. The van der Waals surface area contributed by atoms with Crippen LogP contribution in [0.4, 0.5) is 0 Å². The first-order valence-corrected chi connectivity index (χ1v) is 11.4. The maximum atomic E-state index is 9.16. The third-order valence-corrected chi connectivity index (χ3v) is 5.65. The fraction of sp³-hybridized carbons (Fsp3) is 0.407. The summed E-state index contributed by atoms with van der Waals surface area (Å²) in [5, 5.41) is 9.16. The van der Waals surface area contributed by atoms with Crippen LogP contribution in [0.1, 0.15) is 69.4 Å². The number of aliphatic hydroxyl groups is 1. The largest absolute Gasteiger partial charge is 0.392 e. The van der Waals surface area contributed by atoms with Crippen molar-refractivity contribution < 1.29 is 5.11 Å². The van der Waals surface area contributed by atoms with Crippen LogP contribution in [0.2, 0.25) is 0 Å². The standard InChI is InChI=1S/C27H34N2O/c1-2-3-4-5-6-7-8-9-10-22-11-15-24(16-12-22)26-19-28-27(29-20-26)25-17-13-23(21-30)14-18-25/h11-20,30H,2-10,21H2,1H3. The summed E-state index contributed by atoms with van der Waals surface area (Å²) in [7, 11) is 0. The van der Waals surface area contributed by atoms with Crippen LogP contribution < -0.4 is 0 Å². The predicted molar refractivity (Wildman–Crippen MR) is 125 cm³/mol. The highest BCUT2D eigenvalue weighted by atomic mass is 16.3. The highest BCUT2D eigenvalue weighted by Crippen LogP contribution is 2.22. The van der Waals surface area contributed by atoms with Gasteiger partial charge < -0.3 is 5.11 Å². The number of nitrogens with zero attached hydrogens (tertiary/aromatic N) is 2. The minimum atomic E-state index is 0.0507. The monoisotopic (exact) mass is 402 g/mol. The zero-order valence-corrected chi connectivity index (χ0v) is 18.2. The van der Waals surface area contributed by atoms with Gasteiger partial charge in [-0.1, -0.05) is 100 Å². The summed E-state index contributed by atoms with van der Waals surface area (Å²) in [6.07, 6.45) is 15.8. The van der Waals surface area contributed by atoms with E-state index in [1.807, 2.05) is 36.7 Å². The Morgan fingerprint density at radius 1 is 0.600 bits per heavy atom. The fourth-order valence-corrected chi connectivity index (χ4v) is 3.71. The molecule has 0 saturated carbocycles. The Kier molecular flexibility index (Phi) is 9.04. The van der Waals surface area contributed by atoms with Gasteiger partial charge in [-0.05, 0) is 29.5 Å². The Labute approximate surface area is 181 Å². The van der Waals surface area contributed by atoms with Gasteiger partial charge in [0.2, 0.25) is 0 Å². The molecule has 2 aromatic carbocycles. The van der Waals surface area contributed by atoms with Crippen molar-refractivity contribution in [3.63, 3.8) is 0 Å². The summed E-state index contributed by atoms with van der Waals surface area (Å²) >= 11 is 0. The molecule has 1 heterocycles. The number of hydrogen-bond acceptors (Lipinski definition) is 3. The van der Waals surface area contributed by atoms with Crippen LogP contribution in [0.3, 0.4) is 0 Å². The van der Waals surface area contributed by atoms with Gasteiger partial charge >= 0.3 is 0 Å². The molecule has 30 heavy (non-hydrogen) atoms. The van der Waals surface area contributed by atoms with Crippen molar-refractivity contribution in [3.8, 4) is 22.5 Å². The molecular formula is C27H34N2O. The fourth-order valence-electron chi connectivity index (χ4n) is 3.71. The molecule has 0 unspecified atom stereocenters. The smallest absolute Gasteiger partial charge is 0.159 e. The van der Waals surface area contributed by atoms with E-state index in [0.29, 0.717) is 5.82 Å². The zero-order valence-electron chi connectivity index (χ0n) is 18.2. The van der Waals surface area contributed by atoms with Crippen molar-refractivity contribution in [1.29, 1.82) is 0 Å². The number of benzene rings is 2. The second kappa shape index (κ2) is 12.2. The van der Waals surface area contributed by atoms with E-state index in [1.54, 1.807) is 0 Å². The lowest BCUT2D eigenvalue weighted by Gasteiger charge is -2.06. The first kappa shape index (κ1) is 22.2. The van der Waals surface area contributed by atoms with Gasteiger partial charge in [0, 0.05) is 23.5 Å². The van der Waals surface area contributed by atoms with E-state index in [4.69, 9.17) is 5.11 Å². The molecule has 0 aliphatic carbocycles. The maximum Gasteiger partial charge on any atom is 0.159 e. The summed E-state index contributed by atoms with van der Waals surface area (Å²) < 4.78 is 0. The molecule has 0 amide bonds. The minimum absolute atomic E-state index is 0.0507. The van der Waals surface area contributed by atoms with Crippen LogP contribution in [-0.2, 0) is 13.0 Å². The van der Waals surface area contributed by atoms with Gasteiger partial charge in [-0.15, -0.1) is 0 Å². The molecule has 158 valence electrons. The average Bonchev–Trinajstić information content (AvgIpc) is 2.81. The van der Waals surface area contributed by atoms with Crippen molar-refractivity contribution in [1.82, 2.24) is 9.97 Å². The summed E-state index contributed by atoms with van der Waals surface area (Å²) in [6.45, 7) is 2.32. The average molecular weight is 403 g/mol. The van der Waals surface area contributed by atoms with Crippen molar-refractivity contribution in [2.75, 3.05) is 0 Å². The van der Waals surface area contributed by atoms with Crippen molar-refractivity contribution in [2.24, 2.45) is 0 Å². The quantitative estimate of drug-likeness (QED) is 0.332. The second-order valence-electron chi connectivity index (χ2n) is 8.07. The van der Waals surface area contributed by atoms with E-state index in [0.717, 1.165) is 28.7 Å². The van der Waals surface area contributed by atoms with Crippen LogP contribution in [0.5, 0.6) is 0 Å². The molecule has 3 rings (SSSR count). The summed E-state index contributed by atoms with van der Waals surface area (Å²) in [6, 6.07) is 16.5. The molecule has 3 heteroatoms. The van der Waals surface area contributed by atoms with Crippen LogP contribution in [0, 0.1) is 0 Å². The number of unbranched alkanes of at least 4 members (excludes halogenated alkanes) is 7. The lowest BCUT2D eigenvalue weighted by atomic mass is 10.0. The highest BCUT2D eigenvalue weighted by molar-refractivity contribution is 5.64. The molecule has 0 atom stereocenters. The SMILES string of the molecule is CCCCCCCCCCc1ccc(-c2cnc(-c3ccc(CO)cc3)nc2)cc1. The number of hydrogen-bond donors (Lipinski definition) is 1. The van der Waals surface area contributed by atoms with Crippen LogP contribution in [-0.4, -0.2) is 15.1 Å². The zero-order chi connectivity index (χ0) is 21.0. The number of aromatic nitrogens is 2. The Bertz CT molecular complexity index is 855. The first-order chi connectivity index (χ1) is 14.8. The minimum Gasteiger partial charge on any atom is -0.392 e. The lowest BCUT2D eigenvalue weighted by Crippen LogP contribution is -1.91. The summed E-state index contributed by atoms with van der Waals surface area (Å²) in [4.78, 5) is 9.05. The normalized spacial score (nSPS) is 11.0. The van der Waals surface area contributed by atoms with E-state index in [-0.39, 0.29) is 6.61 Å². The maximum absolute atomic E-state index is 9.16. The second-order valence-corrected chi connectivity index (χ2v) is 8.07. The van der Waals surface area contributed by atoms with E-state index >= 15 is 0 Å².